The van der Waals surface area contributed by atoms with E-state index < -0.39 is 10.0 Å². The van der Waals surface area contributed by atoms with E-state index in [1.807, 2.05) is 20.8 Å². The minimum absolute atomic E-state index is 0.0645. The number of sulfonamides is 1. The minimum Gasteiger partial charge on any atom is -0.384 e. The third kappa shape index (κ3) is 6.21. The van der Waals surface area contributed by atoms with E-state index >= 15 is 0 Å². The molecule has 0 unspecified atom stereocenters. The van der Waals surface area contributed by atoms with Gasteiger partial charge in [0.1, 0.15) is 0 Å². The standard InChI is InChI=1S/C13H28N2O3S/c1-12(2,3)11-19(16,17)15-9-13(10-18-4)5-7-14-8-6-13/h14-15H,5-11H2,1-4H3. The molecule has 1 heterocycles. The van der Waals surface area contributed by atoms with Crippen LogP contribution in [-0.2, 0) is 14.8 Å². The molecule has 0 aromatic heterocycles. The fourth-order valence-corrected chi connectivity index (χ4v) is 4.29. The van der Waals surface area contributed by atoms with Crippen molar-refractivity contribution in [3.63, 3.8) is 0 Å². The van der Waals surface area contributed by atoms with Crippen LogP contribution >= 0.6 is 0 Å². The molecule has 1 rings (SSSR count). The van der Waals surface area contributed by atoms with Gasteiger partial charge in [-0.3, -0.25) is 0 Å². The van der Waals surface area contributed by atoms with Crippen molar-refractivity contribution in [1.29, 1.82) is 0 Å². The highest BCUT2D eigenvalue weighted by Gasteiger charge is 2.34. The van der Waals surface area contributed by atoms with E-state index in [4.69, 9.17) is 4.74 Å². The van der Waals surface area contributed by atoms with Gasteiger partial charge in [-0.15, -0.1) is 0 Å². The third-order valence-corrected chi connectivity index (χ3v) is 5.24. The lowest BCUT2D eigenvalue weighted by Crippen LogP contribution is -2.48. The molecule has 114 valence electrons. The Labute approximate surface area is 117 Å². The van der Waals surface area contributed by atoms with Crippen LogP contribution in [-0.4, -0.2) is 47.5 Å². The van der Waals surface area contributed by atoms with Gasteiger partial charge in [-0.1, -0.05) is 20.8 Å². The lowest BCUT2D eigenvalue weighted by atomic mass is 9.80. The monoisotopic (exact) mass is 292 g/mol. The number of nitrogens with one attached hydrogen (secondary N) is 2. The van der Waals surface area contributed by atoms with Crippen molar-refractivity contribution in [2.45, 2.75) is 33.6 Å². The van der Waals surface area contributed by atoms with Crippen LogP contribution in [0.15, 0.2) is 0 Å². The smallest absolute Gasteiger partial charge is 0.212 e. The first-order valence-corrected chi connectivity index (χ1v) is 8.50. The van der Waals surface area contributed by atoms with Gasteiger partial charge in [0.15, 0.2) is 0 Å². The van der Waals surface area contributed by atoms with Crippen molar-refractivity contribution in [3.05, 3.63) is 0 Å². The predicted octanol–water partition coefficient (Wildman–Crippen LogP) is 0.968. The number of methoxy groups -OCH3 is 1. The molecule has 0 aromatic rings. The third-order valence-electron chi connectivity index (χ3n) is 3.40. The van der Waals surface area contributed by atoms with Crippen LogP contribution in [0.1, 0.15) is 33.6 Å². The van der Waals surface area contributed by atoms with Gasteiger partial charge in [-0.25, -0.2) is 13.1 Å². The Bertz CT molecular complexity index is 362. The zero-order valence-electron chi connectivity index (χ0n) is 12.6. The first-order valence-electron chi connectivity index (χ1n) is 6.85. The van der Waals surface area contributed by atoms with E-state index in [-0.39, 0.29) is 16.6 Å². The molecule has 1 saturated heterocycles. The van der Waals surface area contributed by atoms with Gasteiger partial charge in [0, 0.05) is 19.1 Å². The summed E-state index contributed by atoms with van der Waals surface area (Å²) in [6.45, 7) is 8.72. The van der Waals surface area contributed by atoms with E-state index in [1.165, 1.54) is 0 Å². The van der Waals surface area contributed by atoms with Crippen LogP contribution in [0.4, 0.5) is 0 Å². The van der Waals surface area contributed by atoms with Crippen molar-refractivity contribution < 1.29 is 13.2 Å². The van der Waals surface area contributed by atoms with Crippen LogP contribution in [0, 0.1) is 10.8 Å². The Hall–Kier alpha value is -0.170. The molecule has 0 atom stereocenters. The maximum Gasteiger partial charge on any atom is 0.212 e. The van der Waals surface area contributed by atoms with Crippen LogP contribution in [0.5, 0.6) is 0 Å². The average Bonchev–Trinajstić information content (AvgIpc) is 2.25. The molecule has 5 nitrogen and oxygen atoms in total. The summed E-state index contributed by atoms with van der Waals surface area (Å²) in [5.41, 5.74) is -0.292. The molecular formula is C13H28N2O3S. The summed E-state index contributed by atoms with van der Waals surface area (Å²) in [7, 11) is -1.55. The summed E-state index contributed by atoms with van der Waals surface area (Å²) in [5, 5.41) is 3.30. The first kappa shape index (κ1) is 16.9. The number of rotatable bonds is 6. The van der Waals surface area contributed by atoms with E-state index in [2.05, 4.69) is 10.0 Å². The summed E-state index contributed by atoms with van der Waals surface area (Å²) in [5.74, 6) is 0.154. The van der Waals surface area contributed by atoms with Gasteiger partial charge >= 0.3 is 0 Å². The molecule has 0 aromatic carbocycles. The molecule has 0 amide bonds. The molecule has 0 spiro atoms. The molecule has 2 N–H and O–H groups in total. The molecule has 0 bridgehead atoms. The summed E-state index contributed by atoms with van der Waals surface area (Å²) in [6.07, 6.45) is 1.89. The second kappa shape index (κ2) is 6.52. The fourth-order valence-electron chi connectivity index (χ4n) is 2.52. The van der Waals surface area contributed by atoms with E-state index in [1.54, 1.807) is 7.11 Å². The van der Waals surface area contributed by atoms with E-state index in [9.17, 15) is 8.42 Å². The number of piperidine rings is 1. The molecule has 1 fully saturated rings. The normalized spacial score (nSPS) is 20.4. The number of ether oxygens (including phenoxy) is 1. The Balaban J connectivity index is 2.61. The molecule has 0 aliphatic carbocycles. The topological polar surface area (TPSA) is 67.4 Å². The lowest BCUT2D eigenvalue weighted by Gasteiger charge is -2.37. The van der Waals surface area contributed by atoms with Crippen molar-refractivity contribution in [2.24, 2.45) is 10.8 Å². The summed E-state index contributed by atoms with van der Waals surface area (Å²) >= 11 is 0. The summed E-state index contributed by atoms with van der Waals surface area (Å²) < 4.78 is 32.2. The highest BCUT2D eigenvalue weighted by Crippen LogP contribution is 2.28. The molecule has 19 heavy (non-hydrogen) atoms. The molecule has 1 aliphatic rings. The van der Waals surface area contributed by atoms with Gasteiger partial charge in [0.2, 0.25) is 10.0 Å². The van der Waals surface area contributed by atoms with Crippen molar-refractivity contribution in [1.82, 2.24) is 10.0 Å². The number of hydrogen-bond donors (Lipinski definition) is 2. The van der Waals surface area contributed by atoms with Crippen LogP contribution in [0.2, 0.25) is 0 Å². The molecule has 6 heteroatoms. The van der Waals surface area contributed by atoms with Crippen molar-refractivity contribution in [2.75, 3.05) is 39.1 Å². The maximum atomic E-state index is 12.1. The van der Waals surface area contributed by atoms with Gasteiger partial charge in [0.05, 0.1) is 12.4 Å². The molecule has 0 saturated carbocycles. The Kier molecular flexibility index (Phi) is 5.79. The van der Waals surface area contributed by atoms with E-state index in [0.717, 1.165) is 25.9 Å². The van der Waals surface area contributed by atoms with Gasteiger partial charge < -0.3 is 10.1 Å². The second-order valence-corrected chi connectivity index (χ2v) is 8.63. The van der Waals surface area contributed by atoms with Gasteiger partial charge in [-0.2, -0.15) is 0 Å². The Morgan fingerprint density at radius 2 is 1.84 bits per heavy atom. The largest absolute Gasteiger partial charge is 0.384 e. The minimum atomic E-state index is -3.22. The van der Waals surface area contributed by atoms with Crippen LogP contribution < -0.4 is 10.0 Å². The Morgan fingerprint density at radius 3 is 2.32 bits per heavy atom. The lowest BCUT2D eigenvalue weighted by molar-refractivity contribution is 0.0576. The fraction of sp³-hybridized carbons (Fsp3) is 1.00. The zero-order valence-corrected chi connectivity index (χ0v) is 13.4. The van der Waals surface area contributed by atoms with Crippen molar-refractivity contribution in [3.8, 4) is 0 Å². The SMILES string of the molecule is COCC1(CNS(=O)(=O)CC(C)(C)C)CCNCC1. The summed E-state index contributed by atoms with van der Waals surface area (Å²) in [4.78, 5) is 0. The van der Waals surface area contributed by atoms with Gasteiger partial charge in [0.25, 0.3) is 0 Å². The quantitative estimate of drug-likeness (QED) is 0.765. The highest BCUT2D eigenvalue weighted by molar-refractivity contribution is 7.89. The Morgan fingerprint density at radius 1 is 1.26 bits per heavy atom. The maximum absolute atomic E-state index is 12.1. The zero-order chi connectivity index (χ0) is 14.6. The highest BCUT2D eigenvalue weighted by atomic mass is 32.2. The second-order valence-electron chi connectivity index (χ2n) is 6.82. The van der Waals surface area contributed by atoms with Crippen LogP contribution in [0.3, 0.4) is 0 Å². The molecule has 0 radical (unpaired) electrons. The van der Waals surface area contributed by atoms with E-state index in [0.29, 0.717) is 13.2 Å². The molecular weight excluding hydrogens is 264 g/mol. The van der Waals surface area contributed by atoms with Crippen LogP contribution in [0.25, 0.3) is 0 Å². The molecule has 1 aliphatic heterocycles. The first-order chi connectivity index (χ1) is 8.68. The average molecular weight is 292 g/mol. The van der Waals surface area contributed by atoms with Gasteiger partial charge in [-0.05, 0) is 31.3 Å². The summed E-state index contributed by atoms with van der Waals surface area (Å²) in [6, 6.07) is 0. The number of hydrogen-bond acceptors (Lipinski definition) is 4. The van der Waals surface area contributed by atoms with Crippen molar-refractivity contribution >= 4 is 10.0 Å². The predicted molar refractivity (Wildman–Crippen MR) is 77.7 cm³/mol.